The van der Waals surface area contributed by atoms with E-state index in [0.29, 0.717) is 5.92 Å². The van der Waals surface area contributed by atoms with Crippen molar-refractivity contribution in [1.29, 1.82) is 0 Å². The number of carboxylic acid groups (broad SMARTS) is 1. The highest BCUT2D eigenvalue weighted by molar-refractivity contribution is 9.10. The zero-order valence-electron chi connectivity index (χ0n) is 9.93. The molecule has 4 nitrogen and oxygen atoms in total. The monoisotopic (exact) mass is 313 g/mol. The van der Waals surface area contributed by atoms with Gasteiger partial charge in [0, 0.05) is 23.0 Å². The number of carbonyl (C=O) groups is 1. The molecule has 2 rings (SSSR count). The molecule has 0 aromatic heterocycles. The topological polar surface area (TPSA) is 72.6 Å². The average molecular weight is 314 g/mol. The summed E-state index contributed by atoms with van der Waals surface area (Å²) in [5.41, 5.74) is 7.89. The van der Waals surface area contributed by atoms with E-state index in [9.17, 15) is 4.79 Å². The fourth-order valence-electron chi connectivity index (χ4n) is 2.19. The van der Waals surface area contributed by atoms with Gasteiger partial charge >= 0.3 is 5.97 Å². The second-order valence-electron chi connectivity index (χ2n) is 4.55. The molecule has 18 heavy (non-hydrogen) atoms. The number of hydrogen-bond acceptors (Lipinski definition) is 3. The number of hydrogen-bond donors (Lipinski definition) is 2. The normalized spacial score (nSPS) is 20.9. The number of halogens is 1. The highest BCUT2D eigenvalue weighted by atomic mass is 79.9. The lowest BCUT2D eigenvalue weighted by Gasteiger charge is -2.15. The summed E-state index contributed by atoms with van der Waals surface area (Å²) in [7, 11) is 0. The van der Waals surface area contributed by atoms with Crippen molar-refractivity contribution in [2.45, 2.75) is 24.8 Å². The number of ether oxygens (including phenoxy) is 1. The minimum Gasteiger partial charge on any atom is -0.481 e. The molecule has 0 aliphatic carbocycles. The first-order chi connectivity index (χ1) is 8.58. The van der Waals surface area contributed by atoms with E-state index in [1.807, 2.05) is 18.2 Å². The quantitative estimate of drug-likeness (QED) is 0.895. The van der Waals surface area contributed by atoms with Gasteiger partial charge in [-0.2, -0.15) is 0 Å². The molecule has 1 aromatic carbocycles. The molecule has 1 fully saturated rings. The molecule has 0 spiro atoms. The van der Waals surface area contributed by atoms with Crippen molar-refractivity contribution in [3.8, 4) is 0 Å². The lowest BCUT2D eigenvalue weighted by atomic mass is 9.95. The molecular weight excluding hydrogens is 298 g/mol. The Labute approximate surface area is 114 Å². The predicted molar refractivity (Wildman–Crippen MR) is 71.5 cm³/mol. The number of aliphatic carboxylic acids is 1. The van der Waals surface area contributed by atoms with Gasteiger partial charge in [0.05, 0.1) is 13.0 Å². The lowest BCUT2D eigenvalue weighted by molar-refractivity contribution is -0.137. The van der Waals surface area contributed by atoms with Crippen LogP contribution in [0.5, 0.6) is 0 Å². The van der Waals surface area contributed by atoms with Gasteiger partial charge in [-0.3, -0.25) is 4.79 Å². The Hall–Kier alpha value is -0.910. The first-order valence-electron chi connectivity index (χ1n) is 5.92. The first kappa shape index (κ1) is 13.5. The van der Waals surface area contributed by atoms with Gasteiger partial charge < -0.3 is 15.6 Å². The molecule has 0 bridgehead atoms. The summed E-state index contributed by atoms with van der Waals surface area (Å²) < 4.78 is 6.36. The van der Waals surface area contributed by atoms with E-state index in [1.165, 1.54) is 5.56 Å². The third kappa shape index (κ3) is 3.10. The van der Waals surface area contributed by atoms with Crippen molar-refractivity contribution in [3.05, 3.63) is 33.8 Å². The molecule has 2 atom stereocenters. The Morgan fingerprint density at radius 1 is 1.61 bits per heavy atom. The Morgan fingerprint density at radius 2 is 2.39 bits per heavy atom. The van der Waals surface area contributed by atoms with Crippen molar-refractivity contribution in [3.63, 3.8) is 0 Å². The summed E-state index contributed by atoms with van der Waals surface area (Å²) in [6.07, 6.45) is 0.970. The van der Waals surface area contributed by atoms with E-state index in [1.54, 1.807) is 0 Å². The predicted octanol–water partition coefficient (Wildman–Crippen LogP) is 2.43. The number of rotatable bonds is 4. The van der Waals surface area contributed by atoms with Gasteiger partial charge in [0.25, 0.3) is 0 Å². The van der Waals surface area contributed by atoms with E-state index in [-0.39, 0.29) is 6.42 Å². The van der Waals surface area contributed by atoms with E-state index >= 15 is 0 Å². The summed E-state index contributed by atoms with van der Waals surface area (Å²) in [5.74, 6) is -0.462. The van der Waals surface area contributed by atoms with Gasteiger partial charge in [0.1, 0.15) is 0 Å². The van der Waals surface area contributed by atoms with Crippen LogP contribution in [0.25, 0.3) is 0 Å². The van der Waals surface area contributed by atoms with Gasteiger partial charge in [-0.15, -0.1) is 0 Å². The Morgan fingerprint density at radius 3 is 2.94 bits per heavy atom. The fourth-order valence-corrected chi connectivity index (χ4v) is 2.91. The minimum absolute atomic E-state index is 0.0572. The van der Waals surface area contributed by atoms with Crippen molar-refractivity contribution >= 4 is 21.9 Å². The maximum absolute atomic E-state index is 10.6. The maximum atomic E-state index is 10.6. The van der Waals surface area contributed by atoms with Crippen LogP contribution in [0.15, 0.2) is 22.7 Å². The van der Waals surface area contributed by atoms with Crippen LogP contribution in [0.1, 0.15) is 35.9 Å². The third-order valence-electron chi connectivity index (χ3n) is 3.22. The molecule has 1 aliphatic heterocycles. The van der Waals surface area contributed by atoms with Gasteiger partial charge in [-0.1, -0.05) is 28.1 Å². The molecule has 1 saturated heterocycles. The summed E-state index contributed by atoms with van der Waals surface area (Å²) >= 11 is 3.53. The summed E-state index contributed by atoms with van der Waals surface area (Å²) in [5, 5.41) is 8.73. The van der Waals surface area contributed by atoms with Crippen molar-refractivity contribution in [2.75, 3.05) is 13.2 Å². The van der Waals surface area contributed by atoms with Gasteiger partial charge in [0.15, 0.2) is 0 Å². The van der Waals surface area contributed by atoms with Gasteiger partial charge in [-0.05, 0) is 23.6 Å². The lowest BCUT2D eigenvalue weighted by Crippen LogP contribution is -2.15. The average Bonchev–Trinajstić information content (AvgIpc) is 2.81. The summed E-state index contributed by atoms with van der Waals surface area (Å²) in [6, 6.07) is 5.38. The molecule has 98 valence electrons. The fraction of sp³-hybridized carbons (Fsp3) is 0.462. The van der Waals surface area contributed by atoms with Crippen molar-refractivity contribution in [1.82, 2.24) is 0 Å². The molecule has 1 heterocycles. The van der Waals surface area contributed by atoms with E-state index in [4.69, 9.17) is 15.6 Å². The molecule has 2 unspecified atom stereocenters. The van der Waals surface area contributed by atoms with Gasteiger partial charge in [-0.25, -0.2) is 0 Å². The largest absolute Gasteiger partial charge is 0.481 e. The number of carboxylic acids is 1. The summed E-state index contributed by atoms with van der Waals surface area (Å²) in [4.78, 5) is 10.6. The molecule has 0 saturated carbocycles. The smallest absolute Gasteiger partial charge is 0.305 e. The molecule has 5 heteroatoms. The highest BCUT2D eigenvalue weighted by Gasteiger charge is 2.21. The van der Waals surface area contributed by atoms with Crippen LogP contribution < -0.4 is 5.73 Å². The second-order valence-corrected chi connectivity index (χ2v) is 5.40. The first-order valence-corrected chi connectivity index (χ1v) is 6.71. The summed E-state index contributed by atoms with van der Waals surface area (Å²) in [6.45, 7) is 1.55. The van der Waals surface area contributed by atoms with E-state index < -0.39 is 12.0 Å². The Balaban J connectivity index is 2.16. The van der Waals surface area contributed by atoms with E-state index in [2.05, 4.69) is 15.9 Å². The molecule has 3 N–H and O–H groups in total. The Bertz CT molecular complexity index is 444. The van der Waals surface area contributed by atoms with E-state index in [0.717, 1.165) is 29.7 Å². The SMILES string of the molecule is NC(CC(=O)O)c1ccc(C2CCOC2)c(Br)c1. The van der Waals surface area contributed by atoms with Crippen LogP contribution in [0.2, 0.25) is 0 Å². The number of nitrogens with two attached hydrogens (primary N) is 1. The van der Waals surface area contributed by atoms with Crippen LogP contribution >= 0.6 is 15.9 Å². The van der Waals surface area contributed by atoms with Gasteiger partial charge in [0.2, 0.25) is 0 Å². The zero-order valence-corrected chi connectivity index (χ0v) is 11.5. The third-order valence-corrected chi connectivity index (χ3v) is 3.90. The molecule has 0 amide bonds. The van der Waals surface area contributed by atoms with Crippen molar-refractivity contribution in [2.24, 2.45) is 5.73 Å². The minimum atomic E-state index is -0.883. The molecule has 0 radical (unpaired) electrons. The number of benzene rings is 1. The van der Waals surface area contributed by atoms with Crippen molar-refractivity contribution < 1.29 is 14.6 Å². The van der Waals surface area contributed by atoms with Crippen LogP contribution in [-0.4, -0.2) is 24.3 Å². The highest BCUT2D eigenvalue weighted by Crippen LogP contribution is 2.32. The molecular formula is C13H16BrNO3. The van der Waals surface area contributed by atoms with Crippen LogP contribution in [0.4, 0.5) is 0 Å². The zero-order chi connectivity index (χ0) is 13.1. The van der Waals surface area contributed by atoms with Crippen LogP contribution in [0, 0.1) is 0 Å². The second kappa shape index (κ2) is 5.82. The molecule has 1 aromatic rings. The molecule has 1 aliphatic rings. The van der Waals surface area contributed by atoms with Crippen LogP contribution in [-0.2, 0) is 9.53 Å². The Kier molecular flexibility index (Phi) is 4.37. The van der Waals surface area contributed by atoms with Crippen LogP contribution in [0.3, 0.4) is 0 Å². The maximum Gasteiger partial charge on any atom is 0.305 e. The standard InChI is InChI=1S/C13H16BrNO3/c14-11-5-8(12(15)6-13(16)17)1-2-10(11)9-3-4-18-7-9/h1-2,5,9,12H,3-4,6-7,15H2,(H,16,17).